The molecule has 0 heterocycles. The number of nitro groups is 1. The average Bonchev–Trinajstić information content (AvgIpc) is 2.59. The van der Waals surface area contributed by atoms with E-state index < -0.39 is 16.3 Å². The van der Waals surface area contributed by atoms with Crippen LogP contribution in [0.2, 0.25) is 0 Å². The molecule has 6 nitrogen and oxygen atoms in total. The van der Waals surface area contributed by atoms with Crippen LogP contribution in [0.5, 0.6) is 0 Å². The molecule has 0 aromatic heterocycles. The van der Waals surface area contributed by atoms with Crippen molar-refractivity contribution < 1.29 is 19.2 Å². The normalized spacial score (nSPS) is 11.0. The molecule has 2 aromatic rings. The second kappa shape index (κ2) is 8.14. The highest BCUT2D eigenvalue weighted by atomic mass is 32.2. The average molecular weight is 373 g/mol. The van der Waals surface area contributed by atoms with E-state index in [2.05, 4.69) is 0 Å². The Kier molecular flexibility index (Phi) is 6.15. The lowest BCUT2D eigenvalue weighted by molar-refractivity contribution is -0.384. The fourth-order valence-electron chi connectivity index (χ4n) is 1.92. The number of nitrogens with zero attached hydrogens (tertiary/aromatic N) is 1. The molecule has 0 amide bonds. The van der Waals surface area contributed by atoms with E-state index in [0.717, 1.165) is 4.90 Å². The van der Waals surface area contributed by atoms with Crippen molar-refractivity contribution in [1.82, 2.24) is 0 Å². The van der Waals surface area contributed by atoms with Crippen molar-refractivity contribution >= 4 is 29.2 Å². The van der Waals surface area contributed by atoms with Crippen LogP contribution in [0, 0.1) is 15.5 Å². The standard InChI is InChI=1S/C19H19NO5S/c1-19(2,3)17(21)12-25-18(22)15-11-13(20(23)24)9-10-16(15)26-14-7-5-4-6-8-14/h4-11H,12H2,1-3H3. The molecule has 0 atom stereocenters. The number of benzene rings is 2. The maximum absolute atomic E-state index is 12.5. The van der Waals surface area contributed by atoms with Gasteiger partial charge >= 0.3 is 5.97 Å². The van der Waals surface area contributed by atoms with Gasteiger partial charge in [0.25, 0.3) is 5.69 Å². The number of nitro benzene ring substituents is 1. The summed E-state index contributed by atoms with van der Waals surface area (Å²) in [6.07, 6.45) is 0. The van der Waals surface area contributed by atoms with E-state index in [9.17, 15) is 19.7 Å². The van der Waals surface area contributed by atoms with Gasteiger partial charge in [0.1, 0.15) is 0 Å². The first-order chi connectivity index (χ1) is 12.2. The molecule has 7 heteroatoms. The van der Waals surface area contributed by atoms with Crippen molar-refractivity contribution in [3.8, 4) is 0 Å². The molecule has 2 rings (SSSR count). The number of ketones is 1. The predicted molar refractivity (Wildman–Crippen MR) is 98.4 cm³/mol. The summed E-state index contributed by atoms with van der Waals surface area (Å²) in [5.41, 5.74) is -0.781. The molecule has 2 aromatic carbocycles. The second-order valence-electron chi connectivity index (χ2n) is 6.60. The largest absolute Gasteiger partial charge is 0.454 e. The van der Waals surface area contributed by atoms with Crippen molar-refractivity contribution in [1.29, 1.82) is 0 Å². The first-order valence-electron chi connectivity index (χ1n) is 7.90. The molecule has 0 aliphatic rings. The van der Waals surface area contributed by atoms with Gasteiger partial charge in [-0.05, 0) is 18.2 Å². The quantitative estimate of drug-likeness (QED) is 0.420. The fourth-order valence-corrected chi connectivity index (χ4v) is 2.86. The minimum Gasteiger partial charge on any atom is -0.454 e. The van der Waals surface area contributed by atoms with Crippen molar-refractivity contribution in [2.24, 2.45) is 5.41 Å². The molecule has 0 N–H and O–H groups in total. The van der Waals surface area contributed by atoms with E-state index in [1.165, 1.54) is 30.0 Å². The summed E-state index contributed by atoms with van der Waals surface area (Å²) < 4.78 is 5.11. The van der Waals surface area contributed by atoms with E-state index in [0.29, 0.717) is 4.90 Å². The highest BCUT2D eigenvalue weighted by Crippen LogP contribution is 2.33. The Bertz CT molecular complexity index is 828. The third-order valence-corrected chi connectivity index (χ3v) is 4.62. The van der Waals surface area contributed by atoms with Crippen LogP contribution in [0.25, 0.3) is 0 Å². The Labute approximate surface area is 155 Å². The molecule has 0 bridgehead atoms. The van der Waals surface area contributed by atoms with Crippen molar-refractivity contribution in [2.45, 2.75) is 30.6 Å². The van der Waals surface area contributed by atoms with Gasteiger partial charge in [-0.3, -0.25) is 14.9 Å². The third kappa shape index (κ3) is 5.16. The lowest BCUT2D eigenvalue weighted by Gasteiger charge is -2.16. The van der Waals surface area contributed by atoms with Crippen LogP contribution in [0.3, 0.4) is 0 Å². The summed E-state index contributed by atoms with van der Waals surface area (Å²) in [5.74, 6) is -0.988. The number of hydrogen-bond donors (Lipinski definition) is 0. The Morgan fingerprint density at radius 3 is 2.35 bits per heavy atom. The van der Waals surface area contributed by atoms with Gasteiger partial charge in [0.15, 0.2) is 12.4 Å². The number of Topliss-reactive ketones (excluding diaryl/α,β-unsaturated/α-hetero) is 1. The summed E-state index contributed by atoms with van der Waals surface area (Å²) in [7, 11) is 0. The molecule has 0 aliphatic heterocycles. The molecule has 0 radical (unpaired) electrons. The van der Waals surface area contributed by atoms with Gasteiger partial charge in [-0.15, -0.1) is 0 Å². The zero-order chi connectivity index (χ0) is 19.3. The molecule has 0 saturated heterocycles. The number of carbonyl (C=O) groups is 2. The topological polar surface area (TPSA) is 86.5 Å². The fraction of sp³-hybridized carbons (Fsp3) is 0.263. The highest BCUT2D eigenvalue weighted by Gasteiger charge is 2.24. The maximum Gasteiger partial charge on any atom is 0.339 e. The number of rotatable bonds is 6. The van der Waals surface area contributed by atoms with Crippen LogP contribution < -0.4 is 0 Å². The van der Waals surface area contributed by atoms with Crippen molar-refractivity contribution in [3.05, 3.63) is 64.2 Å². The van der Waals surface area contributed by atoms with Crippen LogP contribution >= 0.6 is 11.8 Å². The summed E-state index contributed by atoms with van der Waals surface area (Å²) in [5, 5.41) is 11.0. The van der Waals surface area contributed by atoms with Crippen LogP contribution in [0.1, 0.15) is 31.1 Å². The Balaban J connectivity index is 2.28. The smallest absolute Gasteiger partial charge is 0.339 e. The van der Waals surface area contributed by atoms with E-state index in [-0.39, 0.29) is 23.6 Å². The van der Waals surface area contributed by atoms with Gasteiger partial charge in [-0.25, -0.2) is 4.79 Å². The zero-order valence-corrected chi connectivity index (χ0v) is 15.5. The van der Waals surface area contributed by atoms with Gasteiger partial charge in [-0.2, -0.15) is 0 Å². The van der Waals surface area contributed by atoms with Crippen LogP contribution in [-0.4, -0.2) is 23.3 Å². The Hall–Kier alpha value is -2.67. The first kappa shape index (κ1) is 19.7. The van der Waals surface area contributed by atoms with Gasteiger partial charge in [0, 0.05) is 27.3 Å². The van der Waals surface area contributed by atoms with Gasteiger partial charge in [-0.1, -0.05) is 50.7 Å². The zero-order valence-electron chi connectivity index (χ0n) is 14.7. The molecule has 0 fully saturated rings. The second-order valence-corrected chi connectivity index (χ2v) is 7.72. The molecule has 26 heavy (non-hydrogen) atoms. The van der Waals surface area contributed by atoms with Gasteiger partial charge < -0.3 is 4.74 Å². The lowest BCUT2D eigenvalue weighted by atomic mass is 9.91. The summed E-state index contributed by atoms with van der Waals surface area (Å²) in [6, 6.07) is 13.3. The van der Waals surface area contributed by atoms with E-state index in [4.69, 9.17) is 4.74 Å². The van der Waals surface area contributed by atoms with Crippen LogP contribution in [0.4, 0.5) is 5.69 Å². The monoisotopic (exact) mass is 373 g/mol. The summed E-state index contributed by atoms with van der Waals surface area (Å²) in [4.78, 5) is 36.3. The molecule has 136 valence electrons. The van der Waals surface area contributed by atoms with E-state index in [1.54, 1.807) is 20.8 Å². The van der Waals surface area contributed by atoms with E-state index >= 15 is 0 Å². The SMILES string of the molecule is CC(C)(C)C(=O)COC(=O)c1cc([N+](=O)[O-])ccc1Sc1ccccc1. The third-order valence-electron chi connectivity index (χ3n) is 3.54. The lowest BCUT2D eigenvalue weighted by Crippen LogP contribution is -2.26. The van der Waals surface area contributed by atoms with Crippen LogP contribution in [0.15, 0.2) is 58.3 Å². The number of esters is 1. The van der Waals surface area contributed by atoms with Crippen molar-refractivity contribution in [3.63, 3.8) is 0 Å². The number of non-ortho nitro benzene ring substituents is 1. The molecule has 0 spiro atoms. The van der Waals surface area contributed by atoms with Crippen LogP contribution in [-0.2, 0) is 9.53 Å². The Morgan fingerprint density at radius 1 is 1.12 bits per heavy atom. The first-order valence-corrected chi connectivity index (χ1v) is 8.72. The van der Waals surface area contributed by atoms with Gasteiger partial charge in [0.2, 0.25) is 0 Å². The predicted octanol–water partition coefficient (Wildman–Crippen LogP) is 4.52. The molecular formula is C19H19NO5S. The number of carbonyl (C=O) groups excluding carboxylic acids is 2. The number of ether oxygens (including phenoxy) is 1. The Morgan fingerprint density at radius 2 is 1.77 bits per heavy atom. The minimum atomic E-state index is -0.760. The molecule has 0 saturated carbocycles. The highest BCUT2D eigenvalue weighted by molar-refractivity contribution is 7.99. The van der Waals surface area contributed by atoms with Gasteiger partial charge in [0.05, 0.1) is 10.5 Å². The number of hydrogen-bond acceptors (Lipinski definition) is 6. The summed E-state index contributed by atoms with van der Waals surface area (Å²) >= 11 is 1.29. The molecule has 0 aliphatic carbocycles. The van der Waals surface area contributed by atoms with E-state index in [1.807, 2.05) is 30.3 Å². The molecule has 0 unspecified atom stereocenters. The minimum absolute atomic E-state index is 0.0646. The summed E-state index contributed by atoms with van der Waals surface area (Å²) in [6.45, 7) is 4.81. The van der Waals surface area contributed by atoms with Crippen molar-refractivity contribution in [2.75, 3.05) is 6.61 Å². The molecular weight excluding hydrogens is 354 g/mol. The maximum atomic E-state index is 12.5.